The molecule has 0 fully saturated rings. The van der Waals surface area contributed by atoms with Gasteiger partial charge in [0.25, 0.3) is 0 Å². The van der Waals surface area contributed by atoms with E-state index in [1.165, 1.54) is 11.1 Å². The Kier molecular flexibility index (Phi) is 4.36. The monoisotopic (exact) mass is 313 g/mol. The Balaban J connectivity index is 1.73. The van der Waals surface area contributed by atoms with Crippen LogP contribution in [-0.2, 0) is 6.54 Å². The van der Waals surface area contributed by atoms with E-state index in [2.05, 4.69) is 60.2 Å². The molecule has 0 aliphatic heterocycles. The van der Waals surface area contributed by atoms with Gasteiger partial charge in [0.2, 0.25) is 11.7 Å². The Bertz CT molecular complexity index is 736. The highest BCUT2D eigenvalue weighted by molar-refractivity contribution is 7.13. The third-order valence-electron chi connectivity index (χ3n) is 3.88. The molecule has 2 aromatic heterocycles. The molecule has 22 heavy (non-hydrogen) atoms. The summed E-state index contributed by atoms with van der Waals surface area (Å²) >= 11 is 1.62. The van der Waals surface area contributed by atoms with Gasteiger partial charge in [-0.15, -0.1) is 11.3 Å². The van der Waals surface area contributed by atoms with Gasteiger partial charge < -0.3 is 4.52 Å². The van der Waals surface area contributed by atoms with E-state index in [0.29, 0.717) is 11.7 Å². The van der Waals surface area contributed by atoms with Gasteiger partial charge in [-0.05, 0) is 43.5 Å². The summed E-state index contributed by atoms with van der Waals surface area (Å²) in [5.74, 6) is 1.32. The molecule has 0 aliphatic carbocycles. The highest BCUT2D eigenvalue weighted by atomic mass is 32.1. The molecule has 0 saturated carbocycles. The first-order valence-corrected chi connectivity index (χ1v) is 8.15. The molecule has 0 saturated heterocycles. The average molecular weight is 313 g/mol. The predicted octanol–water partition coefficient (Wildman–Crippen LogP) is 4.30. The molecule has 114 valence electrons. The fourth-order valence-electron chi connectivity index (χ4n) is 2.29. The Labute approximate surface area is 134 Å². The number of hydrogen-bond donors (Lipinski definition) is 0. The zero-order valence-corrected chi connectivity index (χ0v) is 13.8. The summed E-state index contributed by atoms with van der Waals surface area (Å²) in [5, 5.41) is 6.10. The molecule has 0 radical (unpaired) electrons. The molecule has 3 rings (SSSR count). The van der Waals surface area contributed by atoms with Gasteiger partial charge in [0, 0.05) is 6.54 Å². The second-order valence-electron chi connectivity index (χ2n) is 5.45. The maximum atomic E-state index is 5.44. The van der Waals surface area contributed by atoms with E-state index in [-0.39, 0.29) is 6.04 Å². The normalized spacial score (nSPS) is 12.7. The molecular weight excluding hydrogens is 294 g/mol. The second-order valence-corrected chi connectivity index (χ2v) is 6.40. The van der Waals surface area contributed by atoms with Gasteiger partial charge in [0.05, 0.1) is 10.9 Å². The molecule has 0 bridgehead atoms. The molecule has 1 aromatic carbocycles. The van der Waals surface area contributed by atoms with Gasteiger partial charge in [-0.1, -0.05) is 35.5 Å². The number of aromatic nitrogens is 2. The lowest BCUT2D eigenvalue weighted by atomic mass is 10.1. The number of nitrogens with zero attached hydrogens (tertiary/aromatic N) is 3. The standard InChI is InChI=1S/C17H19N3OS/c1-12-7-4-5-8-14(12)11-20(3)13(2)17-18-16(19-21-17)15-9-6-10-22-15/h4-10,13H,11H2,1-3H3. The van der Waals surface area contributed by atoms with Crippen molar-refractivity contribution in [3.8, 4) is 10.7 Å². The van der Waals surface area contributed by atoms with E-state index in [0.717, 1.165) is 11.4 Å². The van der Waals surface area contributed by atoms with Crippen LogP contribution in [0.15, 0.2) is 46.3 Å². The van der Waals surface area contributed by atoms with E-state index in [1.54, 1.807) is 11.3 Å². The van der Waals surface area contributed by atoms with Crippen molar-refractivity contribution < 1.29 is 4.52 Å². The van der Waals surface area contributed by atoms with Crippen LogP contribution in [0.4, 0.5) is 0 Å². The van der Waals surface area contributed by atoms with Crippen molar-refractivity contribution >= 4 is 11.3 Å². The van der Waals surface area contributed by atoms with Crippen molar-refractivity contribution in [3.63, 3.8) is 0 Å². The summed E-state index contributed by atoms with van der Waals surface area (Å²) in [5.41, 5.74) is 2.61. The van der Waals surface area contributed by atoms with Crippen LogP contribution < -0.4 is 0 Å². The molecule has 2 heterocycles. The van der Waals surface area contributed by atoms with Crippen molar-refractivity contribution in [1.82, 2.24) is 15.0 Å². The van der Waals surface area contributed by atoms with Crippen molar-refractivity contribution in [3.05, 3.63) is 58.8 Å². The average Bonchev–Trinajstić information content (AvgIpc) is 3.19. The summed E-state index contributed by atoms with van der Waals surface area (Å²) in [6.07, 6.45) is 0. The zero-order valence-electron chi connectivity index (χ0n) is 13.0. The maximum absolute atomic E-state index is 5.44. The zero-order chi connectivity index (χ0) is 15.5. The first kappa shape index (κ1) is 14.9. The fraction of sp³-hybridized carbons (Fsp3) is 0.294. The minimum Gasteiger partial charge on any atom is -0.337 e. The van der Waals surface area contributed by atoms with Crippen LogP contribution in [0, 0.1) is 6.92 Å². The molecule has 5 heteroatoms. The third-order valence-corrected chi connectivity index (χ3v) is 4.75. The lowest BCUT2D eigenvalue weighted by Gasteiger charge is -2.22. The molecule has 0 amide bonds. The van der Waals surface area contributed by atoms with Crippen LogP contribution in [0.5, 0.6) is 0 Å². The van der Waals surface area contributed by atoms with Gasteiger partial charge in [-0.2, -0.15) is 4.98 Å². The second kappa shape index (κ2) is 6.42. The molecule has 0 spiro atoms. The van der Waals surface area contributed by atoms with Crippen molar-refractivity contribution in [1.29, 1.82) is 0 Å². The predicted molar refractivity (Wildman–Crippen MR) is 88.7 cm³/mol. The van der Waals surface area contributed by atoms with Crippen molar-refractivity contribution in [2.75, 3.05) is 7.05 Å². The van der Waals surface area contributed by atoms with Gasteiger partial charge in [0.15, 0.2) is 0 Å². The first-order chi connectivity index (χ1) is 10.6. The molecule has 1 atom stereocenters. The summed E-state index contributed by atoms with van der Waals surface area (Å²) in [4.78, 5) is 7.78. The topological polar surface area (TPSA) is 42.2 Å². The van der Waals surface area contributed by atoms with Gasteiger partial charge in [0.1, 0.15) is 0 Å². The van der Waals surface area contributed by atoms with E-state index in [9.17, 15) is 0 Å². The van der Waals surface area contributed by atoms with Crippen LogP contribution in [0.3, 0.4) is 0 Å². The molecule has 0 aliphatic rings. The SMILES string of the molecule is Cc1ccccc1CN(C)C(C)c1nc(-c2cccs2)no1. The highest BCUT2D eigenvalue weighted by Gasteiger charge is 2.20. The van der Waals surface area contributed by atoms with Gasteiger partial charge in [-0.25, -0.2) is 0 Å². The van der Waals surface area contributed by atoms with E-state index >= 15 is 0 Å². The lowest BCUT2D eigenvalue weighted by Crippen LogP contribution is -2.22. The maximum Gasteiger partial charge on any atom is 0.244 e. The summed E-state index contributed by atoms with van der Waals surface area (Å²) in [7, 11) is 2.08. The first-order valence-electron chi connectivity index (χ1n) is 7.27. The molecular formula is C17H19N3OS. The van der Waals surface area contributed by atoms with Crippen LogP contribution in [-0.4, -0.2) is 22.1 Å². The largest absolute Gasteiger partial charge is 0.337 e. The third kappa shape index (κ3) is 3.10. The van der Waals surface area contributed by atoms with Gasteiger partial charge >= 0.3 is 0 Å². The van der Waals surface area contributed by atoms with E-state index < -0.39 is 0 Å². The number of rotatable bonds is 5. The van der Waals surface area contributed by atoms with Crippen LogP contribution >= 0.6 is 11.3 Å². The molecule has 0 N–H and O–H groups in total. The van der Waals surface area contributed by atoms with E-state index in [4.69, 9.17) is 4.52 Å². The molecule has 1 unspecified atom stereocenters. The number of hydrogen-bond acceptors (Lipinski definition) is 5. The molecule has 4 nitrogen and oxygen atoms in total. The number of aryl methyl sites for hydroxylation is 1. The summed E-state index contributed by atoms with van der Waals surface area (Å²) in [6.45, 7) is 5.07. The minimum absolute atomic E-state index is 0.0702. The molecule has 3 aromatic rings. The summed E-state index contributed by atoms with van der Waals surface area (Å²) in [6, 6.07) is 12.5. The Morgan fingerprint density at radius 1 is 1.23 bits per heavy atom. The van der Waals surface area contributed by atoms with Gasteiger partial charge in [-0.3, -0.25) is 4.90 Å². The summed E-state index contributed by atoms with van der Waals surface area (Å²) < 4.78 is 5.44. The quantitative estimate of drug-likeness (QED) is 0.704. The van der Waals surface area contributed by atoms with Crippen LogP contribution in [0.25, 0.3) is 10.7 Å². The van der Waals surface area contributed by atoms with E-state index in [1.807, 2.05) is 17.5 Å². The highest BCUT2D eigenvalue weighted by Crippen LogP contribution is 2.25. The Morgan fingerprint density at radius 2 is 2.05 bits per heavy atom. The number of thiophene rings is 1. The minimum atomic E-state index is 0.0702. The number of benzene rings is 1. The van der Waals surface area contributed by atoms with Crippen LogP contribution in [0.1, 0.15) is 30.0 Å². The lowest BCUT2D eigenvalue weighted by molar-refractivity contribution is 0.202. The van der Waals surface area contributed by atoms with Crippen molar-refractivity contribution in [2.24, 2.45) is 0 Å². The van der Waals surface area contributed by atoms with Crippen LogP contribution in [0.2, 0.25) is 0 Å². The fourth-order valence-corrected chi connectivity index (χ4v) is 2.94. The Morgan fingerprint density at radius 3 is 2.77 bits per heavy atom. The smallest absolute Gasteiger partial charge is 0.244 e. The Hall–Kier alpha value is -1.98. The van der Waals surface area contributed by atoms with Crippen molar-refractivity contribution in [2.45, 2.75) is 26.4 Å².